The van der Waals surface area contributed by atoms with Gasteiger partial charge in [0.2, 0.25) is 5.95 Å². The number of halogens is 3. The fraction of sp³-hybridized carbons (Fsp3) is 0.316. The Labute approximate surface area is 157 Å². The van der Waals surface area contributed by atoms with Crippen LogP contribution >= 0.6 is 0 Å². The summed E-state index contributed by atoms with van der Waals surface area (Å²) >= 11 is 0. The van der Waals surface area contributed by atoms with Crippen LogP contribution in [-0.2, 0) is 12.7 Å². The molecule has 5 rings (SSSR count). The Bertz CT molecular complexity index is 1170. The topological polar surface area (TPSA) is 56.0 Å². The number of anilines is 1. The number of hydrogen-bond acceptors (Lipinski definition) is 4. The fourth-order valence-corrected chi connectivity index (χ4v) is 3.92. The van der Waals surface area contributed by atoms with Gasteiger partial charge < -0.3 is 4.90 Å². The minimum atomic E-state index is -4.42. The highest BCUT2D eigenvalue weighted by Crippen LogP contribution is 2.33. The molecule has 0 bridgehead atoms. The van der Waals surface area contributed by atoms with Crippen molar-refractivity contribution in [2.24, 2.45) is 0 Å². The van der Waals surface area contributed by atoms with Crippen molar-refractivity contribution in [2.45, 2.75) is 25.6 Å². The summed E-state index contributed by atoms with van der Waals surface area (Å²) in [7, 11) is 0. The lowest BCUT2D eigenvalue weighted by molar-refractivity contribution is -0.137. The maximum atomic E-state index is 13.1. The predicted molar refractivity (Wildman–Crippen MR) is 98.1 cm³/mol. The first-order valence-corrected chi connectivity index (χ1v) is 9.05. The van der Waals surface area contributed by atoms with E-state index in [2.05, 4.69) is 15.0 Å². The van der Waals surface area contributed by atoms with Gasteiger partial charge in [0, 0.05) is 25.2 Å². The Kier molecular flexibility index (Phi) is 3.62. The maximum Gasteiger partial charge on any atom is 0.416 e. The molecule has 0 N–H and O–H groups in total. The third-order valence-corrected chi connectivity index (χ3v) is 5.24. The molecule has 2 aliphatic rings. The summed E-state index contributed by atoms with van der Waals surface area (Å²) in [5.74, 6) is 0.594. The van der Waals surface area contributed by atoms with Gasteiger partial charge in [-0.2, -0.15) is 23.3 Å². The van der Waals surface area contributed by atoms with E-state index in [1.54, 1.807) is 6.07 Å². The van der Waals surface area contributed by atoms with Crippen LogP contribution in [0.15, 0.2) is 41.3 Å². The van der Waals surface area contributed by atoms with Crippen molar-refractivity contribution in [2.75, 3.05) is 18.0 Å². The molecule has 2 aliphatic heterocycles. The monoisotopic (exact) mass is 387 g/mol. The fourth-order valence-electron chi connectivity index (χ4n) is 3.92. The van der Waals surface area contributed by atoms with E-state index in [-0.39, 0.29) is 5.56 Å². The van der Waals surface area contributed by atoms with Gasteiger partial charge in [-0.25, -0.2) is 4.68 Å². The summed E-state index contributed by atoms with van der Waals surface area (Å²) in [4.78, 5) is 18.8. The zero-order chi connectivity index (χ0) is 19.5. The van der Waals surface area contributed by atoms with Gasteiger partial charge in [-0.3, -0.25) is 9.36 Å². The van der Waals surface area contributed by atoms with E-state index in [0.29, 0.717) is 34.8 Å². The number of allylic oxidation sites excluding steroid dienone is 1. The highest BCUT2D eigenvalue weighted by atomic mass is 19.4. The first-order valence-electron chi connectivity index (χ1n) is 9.05. The zero-order valence-electron chi connectivity index (χ0n) is 14.8. The number of aromatic nitrogens is 4. The van der Waals surface area contributed by atoms with Crippen molar-refractivity contribution in [3.05, 3.63) is 58.0 Å². The molecule has 0 saturated carbocycles. The van der Waals surface area contributed by atoms with E-state index < -0.39 is 11.7 Å². The maximum absolute atomic E-state index is 13.1. The van der Waals surface area contributed by atoms with E-state index in [4.69, 9.17) is 0 Å². The number of rotatable bonds is 2. The average Bonchev–Trinajstić information content (AvgIpc) is 3.35. The molecule has 6 nitrogen and oxygen atoms in total. The lowest BCUT2D eigenvalue weighted by Gasteiger charge is -2.25. The summed E-state index contributed by atoms with van der Waals surface area (Å²) in [6.45, 7) is 2.07. The molecule has 0 spiro atoms. The highest BCUT2D eigenvalue weighted by molar-refractivity contribution is 5.83. The standard InChI is InChI=1S/C19H16F3N5O/c20-19(21,22)13-5-3-4-12(10-13)15-6-9-26-17-14(11-23-27(15)17)16(28)24-18(26)25-7-1-2-8-25/h3-6,10-11H,1-2,7-9H2. The lowest BCUT2D eigenvalue weighted by atomic mass is 10.1. The quantitative estimate of drug-likeness (QED) is 0.678. The molecule has 9 heteroatoms. The minimum absolute atomic E-state index is 0.362. The molecule has 2 aromatic heterocycles. The van der Waals surface area contributed by atoms with E-state index in [0.717, 1.165) is 38.1 Å². The van der Waals surface area contributed by atoms with Gasteiger partial charge in [-0.15, -0.1) is 0 Å². The van der Waals surface area contributed by atoms with Crippen LogP contribution in [0.25, 0.3) is 16.7 Å². The van der Waals surface area contributed by atoms with Gasteiger partial charge in [-0.1, -0.05) is 12.1 Å². The Morgan fingerprint density at radius 2 is 1.89 bits per heavy atom. The molecule has 4 heterocycles. The van der Waals surface area contributed by atoms with Crippen molar-refractivity contribution in [3.63, 3.8) is 0 Å². The Morgan fingerprint density at radius 1 is 1.11 bits per heavy atom. The highest BCUT2D eigenvalue weighted by Gasteiger charge is 2.31. The van der Waals surface area contributed by atoms with E-state index in [1.165, 1.54) is 16.9 Å². The second-order valence-corrected chi connectivity index (χ2v) is 6.98. The average molecular weight is 387 g/mol. The van der Waals surface area contributed by atoms with Crippen molar-refractivity contribution < 1.29 is 13.2 Å². The molecular weight excluding hydrogens is 371 g/mol. The molecule has 28 heavy (non-hydrogen) atoms. The molecule has 0 aliphatic carbocycles. The van der Waals surface area contributed by atoms with Crippen molar-refractivity contribution in [1.82, 2.24) is 19.3 Å². The number of alkyl halides is 3. The SMILES string of the molecule is O=c1nc(N2CCCC2)n2c3c1cnn3C(c1cccc(C(F)(F)F)c1)=CC2. The van der Waals surface area contributed by atoms with E-state index in [1.807, 2.05) is 10.6 Å². The summed E-state index contributed by atoms with van der Waals surface area (Å²) in [5, 5.41) is 4.65. The Hall–Kier alpha value is -3.10. The molecule has 1 saturated heterocycles. The van der Waals surface area contributed by atoms with Crippen LogP contribution in [0.1, 0.15) is 24.0 Å². The number of nitrogens with zero attached hydrogens (tertiary/aromatic N) is 5. The minimum Gasteiger partial charge on any atom is -0.342 e. The van der Waals surface area contributed by atoms with Gasteiger partial charge in [0.25, 0.3) is 5.56 Å². The molecule has 1 fully saturated rings. The first-order chi connectivity index (χ1) is 13.4. The smallest absolute Gasteiger partial charge is 0.342 e. The largest absolute Gasteiger partial charge is 0.416 e. The van der Waals surface area contributed by atoms with Gasteiger partial charge >= 0.3 is 6.18 Å². The first kappa shape index (κ1) is 17.0. The van der Waals surface area contributed by atoms with Crippen LogP contribution < -0.4 is 10.5 Å². The molecular formula is C19H16F3N5O. The van der Waals surface area contributed by atoms with Crippen LogP contribution in [0.4, 0.5) is 19.1 Å². The molecule has 0 amide bonds. The molecule has 144 valence electrons. The summed E-state index contributed by atoms with van der Waals surface area (Å²) in [6, 6.07) is 5.14. The van der Waals surface area contributed by atoms with Gasteiger partial charge in [0.15, 0.2) is 5.65 Å². The summed E-state index contributed by atoms with van der Waals surface area (Å²) < 4.78 is 42.8. The Balaban J connectivity index is 1.68. The van der Waals surface area contributed by atoms with Crippen molar-refractivity contribution in [1.29, 1.82) is 0 Å². The van der Waals surface area contributed by atoms with Crippen LogP contribution in [0.5, 0.6) is 0 Å². The van der Waals surface area contributed by atoms with Gasteiger partial charge in [0.1, 0.15) is 5.39 Å². The van der Waals surface area contributed by atoms with Gasteiger partial charge in [-0.05, 0) is 31.1 Å². The van der Waals surface area contributed by atoms with Crippen molar-refractivity contribution >= 4 is 22.7 Å². The summed E-state index contributed by atoms with van der Waals surface area (Å²) in [6.07, 6.45) is 0.908. The molecule has 3 aromatic rings. The second-order valence-electron chi connectivity index (χ2n) is 6.98. The van der Waals surface area contributed by atoms with Crippen LogP contribution in [0, 0.1) is 0 Å². The summed E-state index contributed by atoms with van der Waals surface area (Å²) in [5.41, 5.74) is 0.406. The third kappa shape index (κ3) is 2.53. The van der Waals surface area contributed by atoms with Crippen LogP contribution in [0.2, 0.25) is 0 Å². The Morgan fingerprint density at radius 3 is 2.64 bits per heavy atom. The van der Waals surface area contributed by atoms with Crippen LogP contribution in [-0.4, -0.2) is 32.4 Å². The van der Waals surface area contributed by atoms with E-state index >= 15 is 0 Å². The predicted octanol–water partition coefficient (Wildman–Crippen LogP) is 3.11. The third-order valence-electron chi connectivity index (χ3n) is 5.24. The normalized spacial score (nSPS) is 16.7. The van der Waals surface area contributed by atoms with Gasteiger partial charge in [0.05, 0.1) is 17.5 Å². The zero-order valence-corrected chi connectivity index (χ0v) is 14.8. The molecule has 1 aromatic carbocycles. The number of hydrogen-bond donors (Lipinski definition) is 0. The van der Waals surface area contributed by atoms with Crippen molar-refractivity contribution in [3.8, 4) is 0 Å². The molecule has 0 radical (unpaired) electrons. The molecule has 0 unspecified atom stereocenters. The van der Waals surface area contributed by atoms with Crippen LogP contribution in [0.3, 0.4) is 0 Å². The number of benzene rings is 1. The second kappa shape index (κ2) is 5.95. The van der Waals surface area contributed by atoms with E-state index in [9.17, 15) is 18.0 Å². The lowest BCUT2D eigenvalue weighted by Crippen LogP contribution is -2.29. The molecule has 0 atom stereocenters.